The summed E-state index contributed by atoms with van der Waals surface area (Å²) in [6.45, 7) is 0. The number of esters is 1. The van der Waals surface area contributed by atoms with Crippen LogP contribution in [0.1, 0.15) is 0 Å². The maximum atomic E-state index is 12.5. The Hall–Kier alpha value is -2.19. The summed E-state index contributed by atoms with van der Waals surface area (Å²) in [6.07, 6.45) is 0. The number of anilines is 1. The molecule has 0 unspecified atom stereocenters. The van der Waals surface area contributed by atoms with Crippen LogP contribution < -0.4 is 15.8 Å². The second-order valence-corrected chi connectivity index (χ2v) is 5.35. The minimum atomic E-state index is -0.879. The third-order valence-corrected chi connectivity index (χ3v) is 3.80. The van der Waals surface area contributed by atoms with Crippen LogP contribution in [-0.4, -0.2) is 30.9 Å². The van der Waals surface area contributed by atoms with Gasteiger partial charge in [0.05, 0.1) is 18.4 Å². The van der Waals surface area contributed by atoms with Crippen molar-refractivity contribution in [2.45, 2.75) is 6.04 Å². The lowest BCUT2D eigenvalue weighted by Gasteiger charge is -2.15. The first-order valence-electron chi connectivity index (χ1n) is 6.02. The molecule has 2 heterocycles. The van der Waals surface area contributed by atoms with Crippen molar-refractivity contribution in [2.75, 3.05) is 12.0 Å². The zero-order chi connectivity index (χ0) is 15.1. The molecule has 0 aliphatic carbocycles. The zero-order valence-corrected chi connectivity index (χ0v) is 12.4. The van der Waals surface area contributed by atoms with E-state index >= 15 is 0 Å². The fourth-order valence-corrected chi connectivity index (χ4v) is 2.56. The molecule has 0 aromatic heterocycles. The first-order valence-corrected chi connectivity index (χ1v) is 6.81. The number of hydrazine groups is 1. The second kappa shape index (κ2) is 4.97. The number of nitrogens with one attached hydrogen (secondary N) is 2. The minimum absolute atomic E-state index is 0.0274. The van der Waals surface area contributed by atoms with E-state index in [0.29, 0.717) is 5.69 Å². The van der Waals surface area contributed by atoms with E-state index in [-0.39, 0.29) is 11.3 Å². The number of halogens is 1. The molecule has 108 valence electrons. The molecule has 1 atom stereocenters. The second-order valence-electron chi connectivity index (χ2n) is 4.44. The van der Waals surface area contributed by atoms with Gasteiger partial charge in [-0.1, -0.05) is 15.9 Å². The van der Waals surface area contributed by atoms with Crippen molar-refractivity contribution in [3.63, 3.8) is 0 Å². The number of hydrogen-bond acceptors (Lipinski definition) is 6. The molecular weight excluding hydrogens is 342 g/mol. The van der Waals surface area contributed by atoms with Crippen molar-refractivity contribution in [2.24, 2.45) is 0 Å². The SMILES string of the molecule is COC(=O)C1=C2C(=O)N(c3ccc(Br)cc3)C(=O)[C@@H]2NN1. The Morgan fingerprint density at radius 3 is 2.57 bits per heavy atom. The van der Waals surface area contributed by atoms with Crippen molar-refractivity contribution in [3.8, 4) is 0 Å². The van der Waals surface area contributed by atoms with Crippen molar-refractivity contribution in [3.05, 3.63) is 40.0 Å². The molecule has 2 N–H and O–H groups in total. The Balaban J connectivity index is 2.04. The lowest BCUT2D eigenvalue weighted by molar-refractivity contribution is -0.137. The normalized spacial score (nSPS) is 20.7. The molecule has 0 saturated carbocycles. The molecule has 0 radical (unpaired) electrons. The van der Waals surface area contributed by atoms with E-state index in [1.807, 2.05) is 0 Å². The number of carbonyl (C=O) groups excluding carboxylic acids is 3. The molecular formula is C13H10BrN3O4. The van der Waals surface area contributed by atoms with E-state index in [0.717, 1.165) is 9.37 Å². The standard InChI is InChI=1S/C13H10BrN3O4/c1-21-13(20)10-8-9(15-16-10)12(19)17(11(8)18)7-4-2-6(14)3-5-7/h2-5,9,15-16H,1H3/t9-/m1/s1. The summed E-state index contributed by atoms with van der Waals surface area (Å²) in [5.74, 6) is -1.67. The van der Waals surface area contributed by atoms with E-state index in [4.69, 9.17) is 0 Å². The predicted octanol–water partition coefficient (Wildman–Crippen LogP) is 0.226. The summed E-state index contributed by atoms with van der Waals surface area (Å²) in [5.41, 5.74) is 5.66. The lowest BCUT2D eigenvalue weighted by atomic mass is 10.1. The Morgan fingerprint density at radius 2 is 1.95 bits per heavy atom. The molecule has 1 saturated heterocycles. The van der Waals surface area contributed by atoms with Gasteiger partial charge in [-0.2, -0.15) is 0 Å². The number of imide groups is 1. The summed E-state index contributed by atoms with van der Waals surface area (Å²) >= 11 is 3.29. The van der Waals surface area contributed by atoms with Crippen molar-refractivity contribution in [1.82, 2.24) is 10.9 Å². The number of fused-ring (bicyclic) bond motifs is 1. The van der Waals surface area contributed by atoms with Gasteiger partial charge in [0, 0.05) is 4.47 Å². The number of hydrogen-bond donors (Lipinski definition) is 2. The number of carbonyl (C=O) groups is 3. The van der Waals surface area contributed by atoms with Crippen molar-refractivity contribution in [1.29, 1.82) is 0 Å². The van der Waals surface area contributed by atoms with Gasteiger partial charge in [0.15, 0.2) is 0 Å². The third kappa shape index (κ3) is 2.03. The first-order chi connectivity index (χ1) is 10.0. The smallest absolute Gasteiger partial charge is 0.356 e. The number of rotatable bonds is 2. The number of benzene rings is 1. The molecule has 0 spiro atoms. The molecule has 3 rings (SSSR count). The van der Waals surface area contributed by atoms with Gasteiger partial charge in [-0.05, 0) is 24.3 Å². The molecule has 2 aliphatic rings. The van der Waals surface area contributed by atoms with Crippen LogP contribution in [0, 0.1) is 0 Å². The van der Waals surface area contributed by atoms with Crippen LogP contribution in [0.2, 0.25) is 0 Å². The summed E-state index contributed by atoms with van der Waals surface area (Å²) in [6, 6.07) is 5.87. The molecule has 21 heavy (non-hydrogen) atoms. The van der Waals surface area contributed by atoms with Gasteiger partial charge in [-0.3, -0.25) is 9.59 Å². The molecule has 1 fully saturated rings. The summed E-state index contributed by atoms with van der Waals surface area (Å²) in [4.78, 5) is 37.5. The number of amides is 2. The number of nitrogens with zero attached hydrogens (tertiary/aromatic N) is 1. The third-order valence-electron chi connectivity index (χ3n) is 3.27. The molecule has 1 aromatic rings. The Bertz CT molecular complexity index is 683. The van der Waals surface area contributed by atoms with E-state index in [1.165, 1.54) is 7.11 Å². The van der Waals surface area contributed by atoms with Crippen LogP contribution in [0.5, 0.6) is 0 Å². The fourth-order valence-electron chi connectivity index (χ4n) is 2.29. The molecule has 7 nitrogen and oxygen atoms in total. The largest absolute Gasteiger partial charge is 0.464 e. The van der Waals surface area contributed by atoms with E-state index in [2.05, 4.69) is 31.5 Å². The maximum absolute atomic E-state index is 12.5. The van der Waals surface area contributed by atoms with Gasteiger partial charge in [-0.25, -0.2) is 15.1 Å². The quantitative estimate of drug-likeness (QED) is 0.585. The van der Waals surface area contributed by atoms with Gasteiger partial charge in [0.25, 0.3) is 11.8 Å². The average Bonchev–Trinajstić information content (AvgIpc) is 3.01. The van der Waals surface area contributed by atoms with Crippen LogP contribution in [0.15, 0.2) is 40.0 Å². The van der Waals surface area contributed by atoms with Crippen LogP contribution in [0.3, 0.4) is 0 Å². The van der Waals surface area contributed by atoms with E-state index in [9.17, 15) is 14.4 Å². The highest BCUT2D eigenvalue weighted by molar-refractivity contribution is 9.10. The topological polar surface area (TPSA) is 87.7 Å². The first kappa shape index (κ1) is 13.8. The van der Waals surface area contributed by atoms with Crippen LogP contribution in [0.4, 0.5) is 5.69 Å². The van der Waals surface area contributed by atoms with Crippen LogP contribution in [-0.2, 0) is 19.1 Å². The Labute approximate surface area is 128 Å². The Kier molecular flexibility index (Phi) is 3.26. The Morgan fingerprint density at radius 1 is 1.29 bits per heavy atom. The summed E-state index contributed by atoms with van der Waals surface area (Å²) in [5, 5.41) is 0. The maximum Gasteiger partial charge on any atom is 0.356 e. The monoisotopic (exact) mass is 351 g/mol. The van der Waals surface area contributed by atoms with Gasteiger partial charge in [0.1, 0.15) is 11.7 Å². The molecule has 2 amide bonds. The predicted molar refractivity (Wildman–Crippen MR) is 75.7 cm³/mol. The molecule has 8 heteroatoms. The lowest BCUT2D eigenvalue weighted by Crippen LogP contribution is -2.42. The van der Waals surface area contributed by atoms with Gasteiger partial charge >= 0.3 is 5.97 Å². The van der Waals surface area contributed by atoms with E-state index < -0.39 is 23.8 Å². The highest BCUT2D eigenvalue weighted by Crippen LogP contribution is 2.30. The van der Waals surface area contributed by atoms with Crippen LogP contribution in [0.25, 0.3) is 0 Å². The minimum Gasteiger partial charge on any atom is -0.464 e. The van der Waals surface area contributed by atoms with Crippen LogP contribution >= 0.6 is 15.9 Å². The zero-order valence-electron chi connectivity index (χ0n) is 10.8. The fraction of sp³-hybridized carbons (Fsp3) is 0.154. The molecule has 1 aromatic carbocycles. The molecule has 2 aliphatic heterocycles. The molecule has 0 bridgehead atoms. The average molecular weight is 352 g/mol. The van der Waals surface area contributed by atoms with Gasteiger partial charge in [-0.15, -0.1) is 0 Å². The number of ether oxygens (including phenoxy) is 1. The van der Waals surface area contributed by atoms with Gasteiger partial charge in [0.2, 0.25) is 0 Å². The summed E-state index contributed by atoms with van der Waals surface area (Å²) < 4.78 is 5.43. The number of methoxy groups -OCH3 is 1. The summed E-state index contributed by atoms with van der Waals surface area (Å²) in [7, 11) is 1.21. The van der Waals surface area contributed by atoms with Crippen molar-refractivity contribution < 1.29 is 19.1 Å². The van der Waals surface area contributed by atoms with Crippen molar-refractivity contribution >= 4 is 39.4 Å². The highest BCUT2D eigenvalue weighted by atomic mass is 79.9. The van der Waals surface area contributed by atoms with E-state index in [1.54, 1.807) is 24.3 Å². The highest BCUT2D eigenvalue weighted by Gasteiger charge is 2.50. The van der Waals surface area contributed by atoms with Gasteiger partial charge < -0.3 is 10.2 Å².